The zero-order chi connectivity index (χ0) is 20.1. The number of aryl methyl sites for hydroxylation is 1. The lowest BCUT2D eigenvalue weighted by atomic mass is 10.1. The molecule has 146 valence electrons. The molecule has 0 spiro atoms. The van der Waals surface area contributed by atoms with Gasteiger partial charge < -0.3 is 20.1 Å². The van der Waals surface area contributed by atoms with Crippen LogP contribution in [0.3, 0.4) is 0 Å². The first kappa shape index (κ1) is 18.6. The molecule has 0 saturated carbocycles. The minimum absolute atomic E-state index is 0.210. The van der Waals surface area contributed by atoms with Crippen LogP contribution in [-0.2, 0) is 4.79 Å². The van der Waals surface area contributed by atoms with Crippen LogP contribution in [0.5, 0.6) is 11.5 Å². The van der Waals surface area contributed by atoms with Gasteiger partial charge in [0.1, 0.15) is 13.2 Å². The average molecular weight is 386 g/mol. The van der Waals surface area contributed by atoms with Gasteiger partial charge in [0.15, 0.2) is 11.5 Å². The van der Waals surface area contributed by atoms with E-state index in [0.29, 0.717) is 24.7 Å². The molecule has 0 aromatic heterocycles. The Bertz CT molecular complexity index is 1040. The number of rotatable bonds is 5. The van der Waals surface area contributed by atoms with Gasteiger partial charge in [0.05, 0.1) is 11.4 Å². The molecule has 1 amide bonds. The summed E-state index contributed by atoms with van der Waals surface area (Å²) in [5.41, 5.74) is 4.57. The van der Waals surface area contributed by atoms with Gasteiger partial charge in [-0.1, -0.05) is 35.9 Å². The lowest BCUT2D eigenvalue weighted by molar-refractivity contribution is -0.111. The molecular formula is C24H22N2O3. The minimum atomic E-state index is -0.210. The third-order valence-corrected chi connectivity index (χ3v) is 4.51. The number of fused-ring (bicyclic) bond motifs is 1. The monoisotopic (exact) mass is 386 g/mol. The molecule has 1 aliphatic rings. The van der Waals surface area contributed by atoms with Crippen LogP contribution in [0.1, 0.15) is 11.1 Å². The van der Waals surface area contributed by atoms with Crippen molar-refractivity contribution in [3.8, 4) is 11.5 Å². The predicted octanol–water partition coefficient (Wildman–Crippen LogP) is 5.16. The molecule has 5 nitrogen and oxygen atoms in total. The molecule has 0 saturated heterocycles. The summed E-state index contributed by atoms with van der Waals surface area (Å²) in [6.45, 7) is 3.14. The van der Waals surface area contributed by atoms with E-state index in [0.717, 1.165) is 22.7 Å². The Morgan fingerprint density at radius 2 is 1.62 bits per heavy atom. The summed E-state index contributed by atoms with van der Waals surface area (Å²) in [6, 6.07) is 21.3. The third-order valence-electron chi connectivity index (χ3n) is 4.51. The van der Waals surface area contributed by atoms with Crippen molar-refractivity contribution in [1.82, 2.24) is 0 Å². The highest BCUT2D eigenvalue weighted by Crippen LogP contribution is 2.31. The van der Waals surface area contributed by atoms with Gasteiger partial charge in [-0.3, -0.25) is 4.79 Å². The number of hydrogen-bond donors (Lipinski definition) is 2. The molecule has 1 heterocycles. The Morgan fingerprint density at radius 1 is 0.897 bits per heavy atom. The number of hydrogen-bond acceptors (Lipinski definition) is 4. The smallest absolute Gasteiger partial charge is 0.248 e. The molecule has 1 aliphatic heterocycles. The van der Waals surface area contributed by atoms with E-state index in [2.05, 4.69) is 10.6 Å². The van der Waals surface area contributed by atoms with Gasteiger partial charge >= 0.3 is 0 Å². The highest BCUT2D eigenvalue weighted by Gasteiger charge is 2.11. The summed E-state index contributed by atoms with van der Waals surface area (Å²) in [4.78, 5) is 12.4. The molecule has 0 aliphatic carbocycles. The van der Waals surface area contributed by atoms with Crippen molar-refractivity contribution >= 4 is 29.0 Å². The zero-order valence-electron chi connectivity index (χ0n) is 16.1. The van der Waals surface area contributed by atoms with Crippen molar-refractivity contribution in [3.63, 3.8) is 0 Å². The molecule has 0 atom stereocenters. The van der Waals surface area contributed by atoms with Crippen molar-refractivity contribution < 1.29 is 14.3 Å². The molecule has 4 rings (SSSR count). The van der Waals surface area contributed by atoms with E-state index in [-0.39, 0.29) is 5.91 Å². The fraction of sp³-hybridized carbons (Fsp3) is 0.125. The largest absolute Gasteiger partial charge is 0.486 e. The Morgan fingerprint density at radius 3 is 2.41 bits per heavy atom. The second kappa shape index (κ2) is 8.52. The van der Waals surface area contributed by atoms with Crippen LogP contribution in [0, 0.1) is 6.92 Å². The topological polar surface area (TPSA) is 59.6 Å². The van der Waals surface area contributed by atoms with E-state index in [1.807, 2.05) is 73.7 Å². The molecular weight excluding hydrogens is 364 g/mol. The predicted molar refractivity (Wildman–Crippen MR) is 116 cm³/mol. The van der Waals surface area contributed by atoms with Gasteiger partial charge in [0.25, 0.3) is 0 Å². The summed E-state index contributed by atoms with van der Waals surface area (Å²) >= 11 is 0. The molecule has 29 heavy (non-hydrogen) atoms. The standard InChI is InChI=1S/C24H22N2O3/c1-17-6-10-19(11-7-17)25-20-4-2-3-5-21(20)26-24(27)13-9-18-8-12-22-23(16-18)29-15-14-28-22/h2-13,16,25H,14-15H2,1H3,(H,26,27)/b13-9-. The van der Waals surface area contributed by atoms with Crippen LogP contribution < -0.4 is 20.1 Å². The van der Waals surface area contributed by atoms with Crippen molar-refractivity contribution in [2.24, 2.45) is 0 Å². The van der Waals surface area contributed by atoms with Crippen molar-refractivity contribution in [1.29, 1.82) is 0 Å². The Labute approximate surface area is 170 Å². The maximum absolute atomic E-state index is 12.4. The first-order valence-corrected chi connectivity index (χ1v) is 9.49. The minimum Gasteiger partial charge on any atom is -0.486 e. The summed E-state index contributed by atoms with van der Waals surface area (Å²) in [6.07, 6.45) is 3.26. The van der Waals surface area contributed by atoms with Crippen LogP contribution in [-0.4, -0.2) is 19.1 Å². The fourth-order valence-electron chi connectivity index (χ4n) is 3.00. The van der Waals surface area contributed by atoms with Gasteiger partial charge in [-0.05, 0) is 55.0 Å². The van der Waals surface area contributed by atoms with Crippen molar-refractivity contribution in [2.45, 2.75) is 6.92 Å². The van der Waals surface area contributed by atoms with E-state index < -0.39 is 0 Å². The second-order valence-electron chi connectivity index (χ2n) is 6.76. The summed E-state index contributed by atoms with van der Waals surface area (Å²) in [5, 5.41) is 6.27. The number of carbonyl (C=O) groups is 1. The summed E-state index contributed by atoms with van der Waals surface area (Å²) in [5.74, 6) is 1.22. The van der Waals surface area contributed by atoms with E-state index in [4.69, 9.17) is 9.47 Å². The van der Waals surface area contributed by atoms with Gasteiger partial charge in [-0.2, -0.15) is 0 Å². The van der Waals surface area contributed by atoms with E-state index in [1.165, 1.54) is 11.6 Å². The van der Waals surface area contributed by atoms with Crippen molar-refractivity contribution in [2.75, 3.05) is 23.8 Å². The number of benzene rings is 3. The molecule has 3 aromatic carbocycles. The number of anilines is 3. The number of amides is 1. The normalized spacial score (nSPS) is 12.6. The molecule has 0 bridgehead atoms. The van der Waals surface area contributed by atoms with Crippen LogP contribution in [0.2, 0.25) is 0 Å². The first-order chi connectivity index (χ1) is 14.2. The summed E-state index contributed by atoms with van der Waals surface area (Å²) in [7, 11) is 0. The quantitative estimate of drug-likeness (QED) is 0.595. The van der Waals surface area contributed by atoms with Gasteiger partial charge in [-0.15, -0.1) is 0 Å². The van der Waals surface area contributed by atoms with Crippen LogP contribution in [0.15, 0.2) is 72.8 Å². The second-order valence-corrected chi connectivity index (χ2v) is 6.76. The molecule has 0 unspecified atom stereocenters. The fourth-order valence-corrected chi connectivity index (χ4v) is 3.00. The number of para-hydroxylation sites is 2. The maximum atomic E-state index is 12.4. The molecule has 5 heteroatoms. The molecule has 0 fully saturated rings. The maximum Gasteiger partial charge on any atom is 0.248 e. The Balaban J connectivity index is 1.44. The lowest BCUT2D eigenvalue weighted by Crippen LogP contribution is -2.15. The SMILES string of the molecule is Cc1ccc(Nc2ccccc2NC(=O)/C=C\c2ccc3c(c2)OCCO3)cc1. The number of carbonyl (C=O) groups excluding carboxylic acids is 1. The van der Waals surface area contributed by atoms with Gasteiger partial charge in [-0.25, -0.2) is 0 Å². The highest BCUT2D eigenvalue weighted by atomic mass is 16.6. The number of nitrogens with one attached hydrogen (secondary N) is 2. The lowest BCUT2D eigenvalue weighted by Gasteiger charge is -2.18. The van der Waals surface area contributed by atoms with Crippen molar-refractivity contribution in [3.05, 3.63) is 83.9 Å². The van der Waals surface area contributed by atoms with Crippen LogP contribution in [0.4, 0.5) is 17.1 Å². The van der Waals surface area contributed by atoms with E-state index in [9.17, 15) is 4.79 Å². The third kappa shape index (κ3) is 4.76. The summed E-state index contributed by atoms with van der Waals surface area (Å²) < 4.78 is 11.1. The Kier molecular flexibility index (Phi) is 5.47. The van der Waals surface area contributed by atoms with E-state index >= 15 is 0 Å². The Hall–Kier alpha value is -3.73. The van der Waals surface area contributed by atoms with Crippen LogP contribution >= 0.6 is 0 Å². The van der Waals surface area contributed by atoms with Gasteiger partial charge in [0.2, 0.25) is 5.91 Å². The first-order valence-electron chi connectivity index (χ1n) is 9.49. The molecule has 2 N–H and O–H groups in total. The molecule has 3 aromatic rings. The zero-order valence-corrected chi connectivity index (χ0v) is 16.1. The highest BCUT2D eigenvalue weighted by molar-refractivity contribution is 6.04. The molecule has 0 radical (unpaired) electrons. The van der Waals surface area contributed by atoms with Gasteiger partial charge in [0, 0.05) is 11.8 Å². The average Bonchev–Trinajstić information content (AvgIpc) is 2.75. The van der Waals surface area contributed by atoms with Crippen LogP contribution in [0.25, 0.3) is 6.08 Å². The number of ether oxygens (including phenoxy) is 2. The van der Waals surface area contributed by atoms with E-state index in [1.54, 1.807) is 6.08 Å².